The van der Waals surface area contributed by atoms with Crippen molar-refractivity contribution in [2.24, 2.45) is 5.92 Å². The zero-order valence-corrected chi connectivity index (χ0v) is 14.3. The molecule has 0 aromatic heterocycles. The van der Waals surface area contributed by atoms with Crippen LogP contribution in [0.15, 0.2) is 18.2 Å². The minimum absolute atomic E-state index is 0.760. The van der Waals surface area contributed by atoms with E-state index in [0.717, 1.165) is 37.0 Å². The molecule has 21 heavy (non-hydrogen) atoms. The Hall–Kier alpha value is -0.770. The summed E-state index contributed by atoms with van der Waals surface area (Å²) >= 11 is 6.42. The summed E-state index contributed by atoms with van der Waals surface area (Å²) in [6.45, 7) is 7.58. The van der Waals surface area contributed by atoms with Gasteiger partial charge in [-0.3, -0.25) is 0 Å². The Morgan fingerprint density at radius 1 is 1.43 bits per heavy atom. The zero-order valence-electron chi connectivity index (χ0n) is 13.5. The molecule has 1 aromatic carbocycles. The lowest BCUT2D eigenvalue weighted by atomic mass is 10.1. The van der Waals surface area contributed by atoms with Crippen LogP contribution in [0.25, 0.3) is 0 Å². The van der Waals surface area contributed by atoms with Crippen LogP contribution in [0, 0.1) is 5.92 Å². The number of anilines is 1. The Morgan fingerprint density at radius 2 is 2.24 bits per heavy atom. The minimum Gasteiger partial charge on any atom is -0.374 e. The summed E-state index contributed by atoms with van der Waals surface area (Å²) in [6, 6.07) is 6.23. The molecule has 1 atom stereocenters. The van der Waals surface area contributed by atoms with Crippen molar-refractivity contribution in [3.05, 3.63) is 28.8 Å². The van der Waals surface area contributed by atoms with Gasteiger partial charge in [0.25, 0.3) is 0 Å². The molecule has 1 fully saturated rings. The summed E-state index contributed by atoms with van der Waals surface area (Å²) in [4.78, 5) is 4.79. The fraction of sp³-hybridized carbons (Fsp3) is 0.647. The summed E-state index contributed by atoms with van der Waals surface area (Å²) in [6.07, 6.45) is 2.44. The Labute approximate surface area is 134 Å². The Kier molecular flexibility index (Phi) is 6.34. The number of halogens is 1. The van der Waals surface area contributed by atoms with E-state index in [0.29, 0.717) is 0 Å². The zero-order chi connectivity index (χ0) is 15.2. The van der Waals surface area contributed by atoms with Gasteiger partial charge in [-0.15, -0.1) is 0 Å². The van der Waals surface area contributed by atoms with Crippen LogP contribution in [0.5, 0.6) is 0 Å². The Morgan fingerprint density at radius 3 is 2.90 bits per heavy atom. The molecule has 0 saturated carbocycles. The number of rotatable bonds is 7. The predicted octanol–water partition coefficient (Wildman–Crippen LogP) is 3.23. The number of nitrogens with one attached hydrogen (secondary N) is 1. The first-order chi connectivity index (χ1) is 10.1. The van der Waals surface area contributed by atoms with Crippen LogP contribution in [0.1, 0.15) is 25.3 Å². The highest BCUT2D eigenvalue weighted by molar-refractivity contribution is 6.31. The van der Waals surface area contributed by atoms with E-state index in [-0.39, 0.29) is 0 Å². The van der Waals surface area contributed by atoms with E-state index in [4.69, 9.17) is 11.6 Å². The van der Waals surface area contributed by atoms with Gasteiger partial charge in [-0.25, -0.2) is 0 Å². The quantitative estimate of drug-likeness (QED) is 0.780. The number of hydrogen-bond acceptors (Lipinski definition) is 3. The molecule has 3 nitrogen and oxygen atoms in total. The van der Waals surface area contributed by atoms with Crippen molar-refractivity contribution in [1.82, 2.24) is 10.2 Å². The Balaban J connectivity index is 2.04. The third-order valence-corrected chi connectivity index (χ3v) is 4.61. The minimum atomic E-state index is 0.760. The largest absolute Gasteiger partial charge is 0.374 e. The predicted molar refractivity (Wildman–Crippen MR) is 92.3 cm³/mol. The van der Waals surface area contributed by atoms with Gasteiger partial charge < -0.3 is 15.1 Å². The van der Waals surface area contributed by atoms with Crippen LogP contribution < -0.4 is 10.2 Å². The first-order valence-electron chi connectivity index (χ1n) is 7.99. The highest BCUT2D eigenvalue weighted by Crippen LogP contribution is 2.28. The fourth-order valence-corrected chi connectivity index (χ4v) is 3.37. The molecule has 1 N–H and O–H groups in total. The molecule has 1 heterocycles. The topological polar surface area (TPSA) is 18.5 Å². The third-order valence-electron chi connectivity index (χ3n) is 4.25. The van der Waals surface area contributed by atoms with Crippen molar-refractivity contribution in [3.63, 3.8) is 0 Å². The van der Waals surface area contributed by atoms with Gasteiger partial charge in [-0.1, -0.05) is 24.6 Å². The molecule has 0 spiro atoms. The first kappa shape index (κ1) is 16.6. The van der Waals surface area contributed by atoms with Crippen molar-refractivity contribution in [2.75, 3.05) is 45.2 Å². The van der Waals surface area contributed by atoms with Crippen LogP contribution in [0.2, 0.25) is 5.02 Å². The molecule has 1 aliphatic rings. The standard InChI is InChI=1S/C17H28ClN3/c1-4-9-19-11-15-16(18)6-5-7-17(15)21(3)13-14-8-10-20(2)12-14/h5-7,14,19H,4,8-13H2,1-3H3. The second-order valence-electron chi connectivity index (χ2n) is 6.21. The van der Waals surface area contributed by atoms with Gasteiger partial charge in [0.05, 0.1) is 0 Å². The van der Waals surface area contributed by atoms with E-state index in [9.17, 15) is 0 Å². The maximum atomic E-state index is 6.42. The molecule has 118 valence electrons. The second kappa shape index (κ2) is 8.02. The monoisotopic (exact) mass is 309 g/mol. The van der Waals surface area contributed by atoms with Crippen LogP contribution in [0.4, 0.5) is 5.69 Å². The van der Waals surface area contributed by atoms with Crippen LogP contribution in [-0.4, -0.2) is 45.2 Å². The molecule has 4 heteroatoms. The van der Waals surface area contributed by atoms with Crippen molar-refractivity contribution in [3.8, 4) is 0 Å². The highest BCUT2D eigenvalue weighted by atomic mass is 35.5. The fourth-order valence-electron chi connectivity index (χ4n) is 3.13. The van der Waals surface area contributed by atoms with E-state index in [1.807, 2.05) is 6.07 Å². The number of nitrogens with zero attached hydrogens (tertiary/aromatic N) is 2. The molecular formula is C17H28ClN3. The van der Waals surface area contributed by atoms with Crippen molar-refractivity contribution in [1.29, 1.82) is 0 Å². The van der Waals surface area contributed by atoms with Crippen LogP contribution >= 0.6 is 11.6 Å². The summed E-state index contributed by atoms with van der Waals surface area (Å²) in [5, 5.41) is 4.34. The van der Waals surface area contributed by atoms with Gasteiger partial charge in [-0.05, 0) is 51.0 Å². The molecular weight excluding hydrogens is 282 g/mol. The van der Waals surface area contributed by atoms with E-state index < -0.39 is 0 Å². The highest BCUT2D eigenvalue weighted by Gasteiger charge is 2.22. The smallest absolute Gasteiger partial charge is 0.0471 e. The van der Waals surface area contributed by atoms with Crippen molar-refractivity contribution >= 4 is 17.3 Å². The average Bonchev–Trinajstić information content (AvgIpc) is 2.86. The van der Waals surface area contributed by atoms with Gasteiger partial charge >= 0.3 is 0 Å². The van der Waals surface area contributed by atoms with Gasteiger partial charge in [0.1, 0.15) is 0 Å². The number of likely N-dealkylation sites (tertiary alicyclic amines) is 1. The third kappa shape index (κ3) is 4.60. The SMILES string of the molecule is CCCNCc1c(Cl)cccc1N(C)CC1CCN(C)C1. The second-order valence-corrected chi connectivity index (χ2v) is 6.62. The average molecular weight is 310 g/mol. The Bertz CT molecular complexity index is 450. The maximum Gasteiger partial charge on any atom is 0.0471 e. The normalized spacial score (nSPS) is 19.1. The molecule has 0 aliphatic carbocycles. The van der Waals surface area contributed by atoms with E-state index >= 15 is 0 Å². The molecule has 1 unspecified atom stereocenters. The summed E-state index contributed by atoms with van der Waals surface area (Å²) in [5.41, 5.74) is 2.49. The molecule has 0 radical (unpaired) electrons. The van der Waals surface area contributed by atoms with Crippen LogP contribution in [-0.2, 0) is 6.54 Å². The maximum absolute atomic E-state index is 6.42. The van der Waals surface area contributed by atoms with Crippen LogP contribution in [0.3, 0.4) is 0 Å². The number of hydrogen-bond donors (Lipinski definition) is 1. The van der Waals surface area contributed by atoms with Crippen molar-refractivity contribution in [2.45, 2.75) is 26.3 Å². The molecule has 1 aromatic rings. The van der Waals surface area contributed by atoms with Gasteiger partial charge in [-0.2, -0.15) is 0 Å². The number of benzene rings is 1. The van der Waals surface area contributed by atoms with E-state index in [1.165, 1.54) is 30.8 Å². The van der Waals surface area contributed by atoms with Crippen molar-refractivity contribution < 1.29 is 0 Å². The lowest BCUT2D eigenvalue weighted by Crippen LogP contribution is -2.28. The molecule has 1 aliphatic heterocycles. The lowest BCUT2D eigenvalue weighted by molar-refractivity contribution is 0.396. The lowest BCUT2D eigenvalue weighted by Gasteiger charge is -2.26. The van der Waals surface area contributed by atoms with Gasteiger partial charge in [0.15, 0.2) is 0 Å². The van der Waals surface area contributed by atoms with E-state index in [1.54, 1.807) is 0 Å². The molecule has 1 saturated heterocycles. The first-order valence-corrected chi connectivity index (χ1v) is 8.37. The molecule has 0 amide bonds. The summed E-state index contributed by atoms with van der Waals surface area (Å²) in [7, 11) is 4.40. The van der Waals surface area contributed by atoms with E-state index in [2.05, 4.69) is 48.3 Å². The molecule has 0 bridgehead atoms. The van der Waals surface area contributed by atoms with Gasteiger partial charge in [0, 0.05) is 43.0 Å². The van der Waals surface area contributed by atoms with Gasteiger partial charge in [0.2, 0.25) is 0 Å². The summed E-state index contributed by atoms with van der Waals surface area (Å²) < 4.78 is 0. The summed E-state index contributed by atoms with van der Waals surface area (Å²) in [5.74, 6) is 0.760. The molecule has 2 rings (SSSR count).